The molecule has 12 heteroatoms. The number of thioether (sulfide) groups is 1. The SMILES string of the molecule is CSc1nc(N2CC[C@H]2c2nn3ccc(Cl)c3c(=O)n2-c2ccccc2)n2ncc(Cl)c2n1. The van der Waals surface area contributed by atoms with Crippen LogP contribution in [0.1, 0.15) is 18.3 Å². The van der Waals surface area contributed by atoms with Crippen LogP contribution in [0.4, 0.5) is 5.95 Å². The molecule has 5 heterocycles. The van der Waals surface area contributed by atoms with Crippen molar-refractivity contribution in [3.8, 4) is 5.69 Å². The Morgan fingerprint density at radius 3 is 2.64 bits per heavy atom. The van der Waals surface area contributed by atoms with Crippen LogP contribution in [0.5, 0.6) is 0 Å². The summed E-state index contributed by atoms with van der Waals surface area (Å²) in [7, 11) is 0. The molecule has 5 aromatic rings. The average molecular weight is 499 g/mol. The molecule has 1 aliphatic rings. The second kappa shape index (κ2) is 7.75. The molecule has 9 nitrogen and oxygen atoms in total. The van der Waals surface area contributed by atoms with E-state index in [1.54, 1.807) is 32.1 Å². The minimum atomic E-state index is -0.229. The summed E-state index contributed by atoms with van der Waals surface area (Å²) < 4.78 is 4.80. The first-order chi connectivity index (χ1) is 16.1. The summed E-state index contributed by atoms with van der Waals surface area (Å²) in [5.74, 6) is 1.19. The molecule has 0 unspecified atom stereocenters. The molecule has 1 saturated heterocycles. The zero-order valence-corrected chi connectivity index (χ0v) is 19.6. The fourth-order valence-electron chi connectivity index (χ4n) is 4.08. The number of benzene rings is 1. The van der Waals surface area contributed by atoms with Crippen molar-refractivity contribution in [2.75, 3.05) is 17.7 Å². The number of hydrogen-bond acceptors (Lipinski definition) is 7. The summed E-state index contributed by atoms with van der Waals surface area (Å²) in [4.78, 5) is 24.8. The first kappa shape index (κ1) is 20.5. The molecule has 0 N–H and O–H groups in total. The normalized spacial score (nSPS) is 16.0. The van der Waals surface area contributed by atoms with E-state index in [2.05, 4.69) is 15.0 Å². The van der Waals surface area contributed by atoms with Gasteiger partial charge in [-0.1, -0.05) is 53.2 Å². The summed E-state index contributed by atoms with van der Waals surface area (Å²) in [6.45, 7) is 0.719. The molecule has 0 amide bonds. The van der Waals surface area contributed by atoms with E-state index in [4.69, 9.17) is 33.3 Å². The maximum Gasteiger partial charge on any atom is 0.284 e. The minimum absolute atomic E-state index is 0.209. The smallest absolute Gasteiger partial charge is 0.284 e. The van der Waals surface area contributed by atoms with Crippen LogP contribution in [0.3, 0.4) is 0 Å². The molecule has 0 saturated carbocycles. The van der Waals surface area contributed by atoms with Crippen molar-refractivity contribution in [1.29, 1.82) is 0 Å². The Morgan fingerprint density at radius 2 is 1.91 bits per heavy atom. The highest BCUT2D eigenvalue weighted by molar-refractivity contribution is 7.98. The zero-order valence-electron chi connectivity index (χ0n) is 17.3. The van der Waals surface area contributed by atoms with Crippen molar-refractivity contribution in [2.45, 2.75) is 17.6 Å². The second-order valence-electron chi connectivity index (χ2n) is 7.53. The van der Waals surface area contributed by atoms with Crippen LogP contribution >= 0.6 is 35.0 Å². The van der Waals surface area contributed by atoms with Gasteiger partial charge in [0, 0.05) is 12.7 Å². The largest absolute Gasteiger partial charge is 0.330 e. The Balaban J connectivity index is 1.57. The van der Waals surface area contributed by atoms with Gasteiger partial charge in [-0.25, -0.2) is 9.50 Å². The monoisotopic (exact) mass is 498 g/mol. The number of para-hydroxylation sites is 1. The Labute approximate surface area is 201 Å². The zero-order chi connectivity index (χ0) is 22.7. The van der Waals surface area contributed by atoms with Gasteiger partial charge in [0.15, 0.2) is 16.6 Å². The van der Waals surface area contributed by atoms with E-state index in [1.165, 1.54) is 11.8 Å². The molecule has 0 spiro atoms. The molecule has 6 rings (SSSR count). The van der Waals surface area contributed by atoms with Gasteiger partial charge in [-0.3, -0.25) is 9.36 Å². The lowest BCUT2D eigenvalue weighted by atomic mass is 10.0. The van der Waals surface area contributed by atoms with Gasteiger partial charge < -0.3 is 4.90 Å². The van der Waals surface area contributed by atoms with E-state index in [9.17, 15) is 4.79 Å². The number of halogens is 2. The summed E-state index contributed by atoms with van der Waals surface area (Å²) in [6, 6.07) is 10.9. The molecule has 4 aromatic heterocycles. The van der Waals surface area contributed by atoms with E-state index >= 15 is 0 Å². The van der Waals surface area contributed by atoms with Gasteiger partial charge in [0.2, 0.25) is 5.95 Å². The van der Waals surface area contributed by atoms with E-state index < -0.39 is 0 Å². The van der Waals surface area contributed by atoms with E-state index in [-0.39, 0.29) is 11.6 Å². The number of anilines is 1. The molecule has 166 valence electrons. The first-order valence-corrected chi connectivity index (χ1v) is 12.1. The van der Waals surface area contributed by atoms with Gasteiger partial charge in [0.1, 0.15) is 10.5 Å². The van der Waals surface area contributed by atoms with E-state index in [0.29, 0.717) is 38.1 Å². The molecule has 1 atom stereocenters. The standard InChI is InChI=1S/C21H16Cl2N8OS/c1-33-20-25-17-14(23)11-24-31(17)21(26-20)28-9-8-15(28)18-27-29-10-7-13(22)16(29)19(32)30(18)12-5-3-2-4-6-12/h2-7,10-11,15H,8-9H2,1H3/t15-/m0/s1. The lowest BCUT2D eigenvalue weighted by molar-refractivity contribution is 0.413. The molecule has 0 bridgehead atoms. The van der Waals surface area contributed by atoms with Crippen LogP contribution in [0, 0.1) is 0 Å². The van der Waals surface area contributed by atoms with E-state index in [0.717, 1.165) is 18.7 Å². The van der Waals surface area contributed by atoms with Crippen molar-refractivity contribution >= 4 is 52.1 Å². The predicted octanol–water partition coefficient (Wildman–Crippen LogP) is 3.90. The molecule has 1 fully saturated rings. The van der Waals surface area contributed by atoms with Gasteiger partial charge in [0.25, 0.3) is 5.56 Å². The number of aromatic nitrogens is 7. The second-order valence-corrected chi connectivity index (χ2v) is 9.12. The van der Waals surface area contributed by atoms with Crippen LogP contribution < -0.4 is 10.5 Å². The summed E-state index contributed by atoms with van der Waals surface area (Å²) in [5.41, 5.74) is 1.37. The molecule has 0 aliphatic carbocycles. The number of nitrogens with zero attached hydrogens (tertiary/aromatic N) is 8. The Bertz CT molecular complexity index is 1580. The topological polar surface area (TPSA) is 85.6 Å². The van der Waals surface area contributed by atoms with Crippen molar-refractivity contribution in [1.82, 2.24) is 33.8 Å². The highest BCUT2D eigenvalue weighted by Crippen LogP contribution is 2.37. The van der Waals surface area contributed by atoms with Crippen molar-refractivity contribution < 1.29 is 0 Å². The fourth-order valence-corrected chi connectivity index (χ4v) is 4.82. The van der Waals surface area contributed by atoms with Gasteiger partial charge >= 0.3 is 0 Å². The third-order valence-corrected chi connectivity index (χ3v) is 6.84. The number of hydrogen-bond donors (Lipinski definition) is 0. The lowest BCUT2D eigenvalue weighted by Crippen LogP contribution is -2.46. The predicted molar refractivity (Wildman–Crippen MR) is 128 cm³/mol. The maximum atomic E-state index is 13.6. The molecular formula is C21H16Cl2N8OS. The van der Waals surface area contributed by atoms with Crippen LogP contribution in [0.15, 0.2) is 58.7 Å². The average Bonchev–Trinajstić information content (AvgIpc) is 3.36. The highest BCUT2D eigenvalue weighted by Gasteiger charge is 2.37. The molecule has 1 aliphatic heterocycles. The van der Waals surface area contributed by atoms with Crippen LogP contribution in [0.2, 0.25) is 10.0 Å². The van der Waals surface area contributed by atoms with E-state index in [1.807, 2.05) is 36.6 Å². The van der Waals surface area contributed by atoms with Crippen molar-refractivity contribution in [3.05, 3.63) is 75.0 Å². The van der Waals surface area contributed by atoms with Crippen LogP contribution in [-0.4, -0.2) is 46.6 Å². The first-order valence-electron chi connectivity index (χ1n) is 10.1. The van der Waals surface area contributed by atoms with Gasteiger partial charge in [0.05, 0.1) is 22.9 Å². The Morgan fingerprint density at radius 1 is 1.09 bits per heavy atom. The molecule has 0 radical (unpaired) electrons. The minimum Gasteiger partial charge on any atom is -0.330 e. The molecule has 33 heavy (non-hydrogen) atoms. The highest BCUT2D eigenvalue weighted by atomic mass is 35.5. The van der Waals surface area contributed by atoms with Crippen molar-refractivity contribution in [2.24, 2.45) is 0 Å². The van der Waals surface area contributed by atoms with Crippen LogP contribution in [0.25, 0.3) is 16.9 Å². The van der Waals surface area contributed by atoms with Gasteiger partial charge in [-0.15, -0.1) is 0 Å². The summed E-state index contributed by atoms with van der Waals surface area (Å²) in [6.07, 6.45) is 5.95. The Hall–Kier alpha value is -3.08. The van der Waals surface area contributed by atoms with Crippen molar-refractivity contribution in [3.63, 3.8) is 0 Å². The number of fused-ring (bicyclic) bond motifs is 2. The van der Waals surface area contributed by atoms with Crippen LogP contribution in [-0.2, 0) is 0 Å². The van der Waals surface area contributed by atoms with Gasteiger partial charge in [-0.05, 0) is 30.9 Å². The molecular weight excluding hydrogens is 483 g/mol. The number of rotatable bonds is 4. The molecule has 1 aromatic carbocycles. The Kier molecular flexibility index (Phi) is 4.82. The quantitative estimate of drug-likeness (QED) is 0.347. The third kappa shape index (κ3) is 3.12. The van der Waals surface area contributed by atoms with Gasteiger partial charge in [-0.2, -0.15) is 19.7 Å². The summed E-state index contributed by atoms with van der Waals surface area (Å²) >= 11 is 14.1. The summed E-state index contributed by atoms with van der Waals surface area (Å²) in [5, 5.41) is 10.6. The maximum absolute atomic E-state index is 13.6. The third-order valence-electron chi connectivity index (χ3n) is 5.72. The fraction of sp³-hybridized carbons (Fsp3) is 0.190. The lowest BCUT2D eigenvalue weighted by Gasteiger charge is -2.41.